The minimum atomic E-state index is 0.350. The fraction of sp³-hybridized carbons (Fsp3) is 0.167. The molecule has 5 heteroatoms. The highest BCUT2D eigenvalue weighted by atomic mass is 79.9. The van der Waals surface area contributed by atoms with Crippen LogP contribution in [0.5, 0.6) is 11.6 Å². The normalized spacial score (nSPS) is 10.3. The van der Waals surface area contributed by atoms with Gasteiger partial charge in [0.15, 0.2) is 0 Å². The van der Waals surface area contributed by atoms with E-state index >= 15 is 0 Å². The Morgan fingerprint density at radius 2 is 2.12 bits per heavy atom. The Morgan fingerprint density at radius 3 is 2.76 bits per heavy atom. The van der Waals surface area contributed by atoms with Gasteiger partial charge in [-0.2, -0.15) is 0 Å². The standard InChI is InChI=1S/C12H10BrClN2O/c1-8-2-3-9(13)4-11(8)17-12-7-15-10(5-14)6-16-12/h2-4,6-7H,5H2,1H3. The lowest BCUT2D eigenvalue weighted by Gasteiger charge is -2.07. The summed E-state index contributed by atoms with van der Waals surface area (Å²) in [7, 11) is 0. The summed E-state index contributed by atoms with van der Waals surface area (Å²) >= 11 is 9.03. The van der Waals surface area contributed by atoms with E-state index in [4.69, 9.17) is 16.3 Å². The van der Waals surface area contributed by atoms with Crippen LogP contribution in [0, 0.1) is 6.92 Å². The molecule has 17 heavy (non-hydrogen) atoms. The lowest BCUT2D eigenvalue weighted by Crippen LogP contribution is -1.93. The molecule has 0 atom stereocenters. The largest absolute Gasteiger partial charge is 0.437 e. The molecule has 0 N–H and O–H groups in total. The summed E-state index contributed by atoms with van der Waals surface area (Å²) in [4.78, 5) is 8.25. The van der Waals surface area contributed by atoms with Crippen LogP contribution in [0.4, 0.5) is 0 Å². The Balaban J connectivity index is 2.22. The first-order chi connectivity index (χ1) is 8.19. The third kappa shape index (κ3) is 3.17. The van der Waals surface area contributed by atoms with E-state index in [1.165, 1.54) is 0 Å². The first kappa shape index (κ1) is 12.3. The predicted molar refractivity (Wildman–Crippen MR) is 70.5 cm³/mol. The van der Waals surface area contributed by atoms with Crippen molar-refractivity contribution in [2.75, 3.05) is 0 Å². The van der Waals surface area contributed by atoms with Crippen LogP contribution in [0.15, 0.2) is 35.1 Å². The maximum absolute atomic E-state index is 5.64. The highest BCUT2D eigenvalue weighted by Gasteiger charge is 2.04. The van der Waals surface area contributed by atoms with Crippen LogP contribution >= 0.6 is 27.5 Å². The summed E-state index contributed by atoms with van der Waals surface area (Å²) in [5, 5.41) is 0. The number of rotatable bonds is 3. The molecule has 1 heterocycles. The second-order valence-corrected chi connectivity index (χ2v) is 4.67. The molecule has 0 aliphatic heterocycles. The van der Waals surface area contributed by atoms with Crippen molar-refractivity contribution in [3.05, 3.63) is 46.3 Å². The first-order valence-electron chi connectivity index (χ1n) is 5.00. The summed E-state index contributed by atoms with van der Waals surface area (Å²) in [6.45, 7) is 1.97. The number of nitrogens with zero attached hydrogens (tertiary/aromatic N) is 2. The van der Waals surface area contributed by atoms with Gasteiger partial charge >= 0.3 is 0 Å². The first-order valence-corrected chi connectivity index (χ1v) is 6.32. The lowest BCUT2D eigenvalue weighted by atomic mass is 10.2. The summed E-state index contributed by atoms with van der Waals surface area (Å²) in [5.74, 6) is 1.57. The van der Waals surface area contributed by atoms with Gasteiger partial charge in [-0.25, -0.2) is 4.98 Å². The van der Waals surface area contributed by atoms with Gasteiger partial charge in [0.2, 0.25) is 5.88 Å². The molecular formula is C12H10BrClN2O. The maximum Gasteiger partial charge on any atom is 0.237 e. The number of ether oxygens (including phenoxy) is 1. The van der Waals surface area contributed by atoms with E-state index in [0.29, 0.717) is 11.8 Å². The Hall–Kier alpha value is -1.13. The van der Waals surface area contributed by atoms with Crippen molar-refractivity contribution in [3.63, 3.8) is 0 Å². The van der Waals surface area contributed by atoms with E-state index in [-0.39, 0.29) is 0 Å². The Labute approximate surface area is 113 Å². The van der Waals surface area contributed by atoms with Crippen LogP contribution in [-0.4, -0.2) is 9.97 Å². The van der Waals surface area contributed by atoms with E-state index in [2.05, 4.69) is 25.9 Å². The van der Waals surface area contributed by atoms with E-state index in [1.54, 1.807) is 12.4 Å². The highest BCUT2D eigenvalue weighted by molar-refractivity contribution is 9.10. The number of aryl methyl sites for hydroxylation is 1. The Kier molecular flexibility index (Phi) is 3.97. The topological polar surface area (TPSA) is 35.0 Å². The molecular weight excluding hydrogens is 304 g/mol. The van der Waals surface area contributed by atoms with Gasteiger partial charge in [-0.3, -0.25) is 4.98 Å². The van der Waals surface area contributed by atoms with E-state index < -0.39 is 0 Å². The molecule has 0 radical (unpaired) electrons. The van der Waals surface area contributed by atoms with E-state index in [1.807, 2.05) is 25.1 Å². The van der Waals surface area contributed by atoms with Crippen LogP contribution < -0.4 is 4.74 Å². The quantitative estimate of drug-likeness (QED) is 0.801. The highest BCUT2D eigenvalue weighted by Crippen LogP contribution is 2.26. The van der Waals surface area contributed by atoms with Gasteiger partial charge in [-0.05, 0) is 24.6 Å². The molecule has 1 aromatic heterocycles. The zero-order valence-corrected chi connectivity index (χ0v) is 11.5. The fourth-order valence-electron chi connectivity index (χ4n) is 1.26. The van der Waals surface area contributed by atoms with Gasteiger partial charge in [0.05, 0.1) is 24.0 Å². The van der Waals surface area contributed by atoms with Gasteiger partial charge in [0, 0.05) is 4.47 Å². The average Bonchev–Trinajstić information content (AvgIpc) is 2.35. The predicted octanol–water partition coefficient (Wildman–Crippen LogP) is 4.08. The van der Waals surface area contributed by atoms with Gasteiger partial charge < -0.3 is 4.74 Å². The summed E-state index contributed by atoms with van der Waals surface area (Å²) in [6.07, 6.45) is 3.17. The summed E-state index contributed by atoms with van der Waals surface area (Å²) in [6, 6.07) is 5.83. The van der Waals surface area contributed by atoms with Crippen molar-refractivity contribution in [2.24, 2.45) is 0 Å². The molecule has 0 spiro atoms. The van der Waals surface area contributed by atoms with E-state index in [9.17, 15) is 0 Å². The molecule has 3 nitrogen and oxygen atoms in total. The minimum Gasteiger partial charge on any atom is -0.437 e. The molecule has 1 aromatic carbocycles. The minimum absolute atomic E-state index is 0.350. The number of alkyl halides is 1. The second-order valence-electron chi connectivity index (χ2n) is 3.49. The Morgan fingerprint density at radius 1 is 1.29 bits per heavy atom. The molecule has 0 aliphatic rings. The molecule has 88 valence electrons. The molecule has 0 fully saturated rings. The third-order valence-electron chi connectivity index (χ3n) is 2.18. The maximum atomic E-state index is 5.64. The van der Waals surface area contributed by atoms with E-state index in [0.717, 1.165) is 21.5 Å². The van der Waals surface area contributed by atoms with Crippen molar-refractivity contribution >= 4 is 27.5 Å². The number of halogens is 2. The average molecular weight is 314 g/mol. The molecule has 0 bridgehead atoms. The number of aromatic nitrogens is 2. The van der Waals surface area contributed by atoms with Crippen LogP contribution in [0.1, 0.15) is 11.3 Å². The van der Waals surface area contributed by atoms with Crippen LogP contribution in [-0.2, 0) is 5.88 Å². The van der Waals surface area contributed by atoms with Crippen molar-refractivity contribution in [3.8, 4) is 11.6 Å². The van der Waals surface area contributed by atoms with Crippen LogP contribution in [0.3, 0.4) is 0 Å². The molecule has 0 unspecified atom stereocenters. The summed E-state index contributed by atoms with van der Waals surface area (Å²) in [5.41, 5.74) is 1.77. The molecule has 2 rings (SSSR count). The SMILES string of the molecule is Cc1ccc(Br)cc1Oc1cnc(CCl)cn1. The molecule has 2 aromatic rings. The molecule has 0 aliphatic carbocycles. The monoisotopic (exact) mass is 312 g/mol. The number of benzene rings is 1. The summed E-state index contributed by atoms with van der Waals surface area (Å²) < 4.78 is 6.60. The lowest BCUT2D eigenvalue weighted by molar-refractivity contribution is 0.456. The molecule has 0 saturated carbocycles. The van der Waals surface area contributed by atoms with Crippen molar-refractivity contribution in [2.45, 2.75) is 12.8 Å². The second kappa shape index (κ2) is 5.47. The zero-order chi connectivity index (χ0) is 12.3. The van der Waals surface area contributed by atoms with Gasteiger partial charge in [0.25, 0.3) is 0 Å². The molecule has 0 saturated heterocycles. The van der Waals surface area contributed by atoms with Gasteiger partial charge in [-0.15, -0.1) is 11.6 Å². The van der Waals surface area contributed by atoms with Crippen LogP contribution in [0.2, 0.25) is 0 Å². The fourth-order valence-corrected chi connectivity index (χ4v) is 1.74. The van der Waals surface area contributed by atoms with Crippen molar-refractivity contribution in [1.82, 2.24) is 9.97 Å². The third-order valence-corrected chi connectivity index (χ3v) is 2.95. The van der Waals surface area contributed by atoms with Crippen molar-refractivity contribution in [1.29, 1.82) is 0 Å². The number of hydrogen-bond acceptors (Lipinski definition) is 3. The van der Waals surface area contributed by atoms with Crippen LogP contribution in [0.25, 0.3) is 0 Å². The number of hydrogen-bond donors (Lipinski definition) is 0. The van der Waals surface area contributed by atoms with Gasteiger partial charge in [0.1, 0.15) is 5.75 Å². The van der Waals surface area contributed by atoms with Gasteiger partial charge in [-0.1, -0.05) is 22.0 Å². The van der Waals surface area contributed by atoms with Crippen molar-refractivity contribution < 1.29 is 4.74 Å². The Bertz CT molecular complexity index is 516. The molecule has 0 amide bonds. The smallest absolute Gasteiger partial charge is 0.237 e. The zero-order valence-electron chi connectivity index (χ0n) is 9.15.